The van der Waals surface area contributed by atoms with E-state index in [1.807, 2.05) is 25.1 Å². The average Bonchev–Trinajstić information content (AvgIpc) is 2.94. The maximum atomic E-state index is 12.7. The third-order valence-corrected chi connectivity index (χ3v) is 4.78. The van der Waals surface area contributed by atoms with Crippen molar-refractivity contribution < 1.29 is 15.0 Å². The van der Waals surface area contributed by atoms with Gasteiger partial charge in [0.1, 0.15) is 0 Å². The van der Waals surface area contributed by atoms with Gasteiger partial charge in [-0.05, 0) is 41.0 Å². The lowest BCUT2D eigenvalue weighted by atomic mass is 10.0. The standard InChI is InChI=1S/C20H17NO3/c1-12(14-7-6-13-4-2-3-5-15(13)10-14)21-11-16-8-9-17(22)19(23)18(16)20(21)24/h2-10,12,22-23H,11H2,1H3/t12-/m0/s1. The van der Waals surface area contributed by atoms with Gasteiger partial charge < -0.3 is 15.1 Å². The predicted molar refractivity (Wildman–Crippen MR) is 92.0 cm³/mol. The molecule has 0 aliphatic carbocycles. The first kappa shape index (κ1) is 14.6. The van der Waals surface area contributed by atoms with Gasteiger partial charge >= 0.3 is 0 Å². The first-order valence-electron chi connectivity index (χ1n) is 7.90. The molecule has 3 aromatic carbocycles. The summed E-state index contributed by atoms with van der Waals surface area (Å²) in [5, 5.41) is 21.9. The maximum absolute atomic E-state index is 12.7. The van der Waals surface area contributed by atoms with E-state index >= 15 is 0 Å². The van der Waals surface area contributed by atoms with E-state index in [0.717, 1.165) is 21.9 Å². The lowest BCUT2D eigenvalue weighted by Crippen LogP contribution is -2.27. The van der Waals surface area contributed by atoms with Gasteiger partial charge in [-0.1, -0.05) is 42.5 Å². The monoisotopic (exact) mass is 319 g/mol. The molecule has 24 heavy (non-hydrogen) atoms. The van der Waals surface area contributed by atoms with Gasteiger partial charge in [-0.2, -0.15) is 0 Å². The van der Waals surface area contributed by atoms with Crippen LogP contribution in [-0.2, 0) is 6.54 Å². The summed E-state index contributed by atoms with van der Waals surface area (Å²) in [6.07, 6.45) is 0. The Labute approximate surface area is 139 Å². The predicted octanol–water partition coefficient (Wildman–Crippen LogP) is 3.97. The van der Waals surface area contributed by atoms with Crippen molar-refractivity contribution in [2.24, 2.45) is 0 Å². The highest BCUT2D eigenvalue weighted by molar-refractivity contribution is 6.02. The van der Waals surface area contributed by atoms with Gasteiger partial charge in [-0.25, -0.2) is 0 Å². The molecule has 1 aliphatic heterocycles. The molecule has 0 saturated carbocycles. The highest BCUT2D eigenvalue weighted by atomic mass is 16.3. The first-order chi connectivity index (χ1) is 11.6. The van der Waals surface area contributed by atoms with Gasteiger partial charge in [0.15, 0.2) is 11.5 Å². The molecule has 0 saturated heterocycles. The van der Waals surface area contributed by atoms with Crippen molar-refractivity contribution in [1.29, 1.82) is 0 Å². The second-order valence-electron chi connectivity index (χ2n) is 6.18. The second-order valence-corrected chi connectivity index (χ2v) is 6.18. The Morgan fingerprint density at radius 2 is 1.75 bits per heavy atom. The number of fused-ring (bicyclic) bond motifs is 2. The van der Waals surface area contributed by atoms with Crippen LogP contribution in [0, 0.1) is 0 Å². The van der Waals surface area contributed by atoms with Gasteiger partial charge in [0.25, 0.3) is 5.91 Å². The molecular formula is C20H17NO3. The summed E-state index contributed by atoms with van der Waals surface area (Å²) in [6, 6.07) is 17.3. The molecule has 4 rings (SSSR count). The van der Waals surface area contributed by atoms with Gasteiger partial charge in [-0.15, -0.1) is 0 Å². The zero-order valence-corrected chi connectivity index (χ0v) is 13.2. The van der Waals surface area contributed by atoms with Gasteiger partial charge in [-0.3, -0.25) is 4.79 Å². The van der Waals surface area contributed by atoms with Crippen LogP contribution in [0.2, 0.25) is 0 Å². The fourth-order valence-corrected chi connectivity index (χ4v) is 3.35. The summed E-state index contributed by atoms with van der Waals surface area (Å²) in [4.78, 5) is 14.4. The van der Waals surface area contributed by atoms with Gasteiger partial charge in [0.2, 0.25) is 0 Å². The topological polar surface area (TPSA) is 60.8 Å². The zero-order chi connectivity index (χ0) is 16.8. The molecule has 2 N–H and O–H groups in total. The lowest BCUT2D eigenvalue weighted by molar-refractivity contribution is 0.0713. The van der Waals surface area contributed by atoms with Crippen LogP contribution >= 0.6 is 0 Å². The fourth-order valence-electron chi connectivity index (χ4n) is 3.35. The zero-order valence-electron chi connectivity index (χ0n) is 13.2. The second kappa shape index (κ2) is 5.27. The number of amides is 1. The number of carbonyl (C=O) groups is 1. The maximum Gasteiger partial charge on any atom is 0.258 e. The fraction of sp³-hybridized carbons (Fsp3) is 0.150. The number of rotatable bonds is 2. The van der Waals surface area contributed by atoms with Crippen molar-refractivity contribution in [3.8, 4) is 11.5 Å². The smallest absolute Gasteiger partial charge is 0.258 e. The molecule has 3 aromatic rings. The van der Waals surface area contributed by atoms with E-state index in [0.29, 0.717) is 6.54 Å². The third-order valence-electron chi connectivity index (χ3n) is 4.78. The molecule has 1 heterocycles. The van der Waals surface area contributed by atoms with E-state index in [-0.39, 0.29) is 29.0 Å². The van der Waals surface area contributed by atoms with Crippen molar-refractivity contribution in [2.75, 3.05) is 0 Å². The van der Waals surface area contributed by atoms with E-state index in [9.17, 15) is 15.0 Å². The molecule has 0 radical (unpaired) electrons. The van der Waals surface area contributed by atoms with E-state index < -0.39 is 0 Å². The molecule has 0 spiro atoms. The number of aromatic hydroxyl groups is 2. The number of hydrogen-bond acceptors (Lipinski definition) is 3. The summed E-state index contributed by atoms with van der Waals surface area (Å²) in [7, 11) is 0. The molecule has 0 unspecified atom stereocenters. The summed E-state index contributed by atoms with van der Waals surface area (Å²) < 4.78 is 0. The van der Waals surface area contributed by atoms with Crippen LogP contribution in [0.15, 0.2) is 54.6 Å². The van der Waals surface area contributed by atoms with Crippen molar-refractivity contribution in [2.45, 2.75) is 19.5 Å². The quantitative estimate of drug-likeness (QED) is 0.703. The number of nitrogens with zero attached hydrogens (tertiary/aromatic N) is 1. The van der Waals surface area contributed by atoms with Crippen molar-refractivity contribution in [1.82, 2.24) is 4.90 Å². The van der Waals surface area contributed by atoms with E-state index in [1.165, 1.54) is 6.07 Å². The first-order valence-corrected chi connectivity index (χ1v) is 7.90. The number of hydrogen-bond donors (Lipinski definition) is 2. The Morgan fingerprint density at radius 3 is 2.54 bits per heavy atom. The molecule has 120 valence electrons. The van der Waals surface area contributed by atoms with Crippen LogP contribution in [0.5, 0.6) is 11.5 Å². The number of benzene rings is 3. The minimum atomic E-state index is -0.328. The van der Waals surface area contributed by atoms with Gasteiger partial charge in [0.05, 0.1) is 11.6 Å². The summed E-state index contributed by atoms with van der Waals surface area (Å²) >= 11 is 0. The number of phenols is 2. The Bertz CT molecular complexity index is 964. The van der Waals surface area contributed by atoms with Crippen molar-refractivity contribution >= 4 is 16.7 Å². The minimum Gasteiger partial charge on any atom is -0.504 e. The largest absolute Gasteiger partial charge is 0.504 e. The number of phenolic OH excluding ortho intramolecular Hbond substituents is 2. The highest BCUT2D eigenvalue weighted by Crippen LogP contribution is 2.39. The molecule has 4 nitrogen and oxygen atoms in total. The van der Waals surface area contributed by atoms with Crippen LogP contribution in [0.4, 0.5) is 0 Å². The van der Waals surface area contributed by atoms with Gasteiger partial charge in [0, 0.05) is 6.54 Å². The minimum absolute atomic E-state index is 0.129. The molecule has 0 bridgehead atoms. The van der Waals surface area contributed by atoms with Crippen LogP contribution in [0.3, 0.4) is 0 Å². The van der Waals surface area contributed by atoms with Crippen molar-refractivity contribution in [3.05, 3.63) is 71.3 Å². The van der Waals surface area contributed by atoms with Crippen molar-refractivity contribution in [3.63, 3.8) is 0 Å². The Balaban J connectivity index is 1.71. The normalized spacial score (nSPS) is 14.9. The van der Waals surface area contributed by atoms with E-state index in [1.54, 1.807) is 11.0 Å². The molecule has 0 fully saturated rings. The summed E-state index contributed by atoms with van der Waals surface area (Å²) in [5.74, 6) is -0.841. The molecule has 1 atom stereocenters. The van der Waals surface area contributed by atoms with Crippen LogP contribution < -0.4 is 0 Å². The van der Waals surface area contributed by atoms with E-state index in [2.05, 4.69) is 24.3 Å². The molecule has 1 amide bonds. The summed E-state index contributed by atoms with van der Waals surface area (Å²) in [5.41, 5.74) is 1.99. The molecular weight excluding hydrogens is 302 g/mol. The average molecular weight is 319 g/mol. The van der Waals surface area contributed by atoms with E-state index in [4.69, 9.17) is 0 Å². The Morgan fingerprint density at radius 1 is 1.00 bits per heavy atom. The lowest BCUT2D eigenvalue weighted by Gasteiger charge is -2.25. The Hall–Kier alpha value is -3.01. The van der Waals surface area contributed by atoms with Crippen LogP contribution in [0.1, 0.15) is 34.5 Å². The molecule has 4 heteroatoms. The van der Waals surface area contributed by atoms with Crippen LogP contribution in [0.25, 0.3) is 10.8 Å². The highest BCUT2D eigenvalue weighted by Gasteiger charge is 2.34. The third kappa shape index (κ3) is 2.11. The SMILES string of the molecule is C[C@@H](c1ccc2ccccc2c1)N1Cc2ccc(O)c(O)c2C1=O. The number of carbonyl (C=O) groups excluding carboxylic acids is 1. The molecule has 1 aliphatic rings. The van der Waals surface area contributed by atoms with Crippen LogP contribution in [-0.4, -0.2) is 21.0 Å². The molecule has 0 aromatic heterocycles. The Kier molecular flexibility index (Phi) is 3.20. The summed E-state index contributed by atoms with van der Waals surface area (Å²) in [6.45, 7) is 2.40.